The Morgan fingerprint density at radius 1 is 1.56 bits per heavy atom. The first kappa shape index (κ1) is 15.2. The van der Waals surface area contributed by atoms with Gasteiger partial charge in [0, 0.05) is 12.1 Å². The van der Waals surface area contributed by atoms with Crippen LogP contribution in [0.4, 0.5) is 5.69 Å². The summed E-state index contributed by atoms with van der Waals surface area (Å²) >= 11 is 5.69. The van der Waals surface area contributed by atoms with Crippen LogP contribution in [-0.2, 0) is 0 Å². The van der Waals surface area contributed by atoms with Crippen LogP contribution in [0.5, 0.6) is 0 Å². The minimum atomic E-state index is -0.496. The number of hydrogen-bond acceptors (Lipinski definition) is 3. The Bertz CT molecular complexity index is 372. The van der Waals surface area contributed by atoms with E-state index in [-0.39, 0.29) is 29.2 Å². The van der Waals surface area contributed by atoms with Gasteiger partial charge < -0.3 is 5.73 Å². The molecule has 2 N–H and O–H groups in total. The van der Waals surface area contributed by atoms with Gasteiger partial charge in [0.2, 0.25) is 0 Å². The lowest BCUT2D eigenvalue weighted by Gasteiger charge is -2.10. The minimum absolute atomic E-state index is 0. The molecule has 0 aromatic heterocycles. The van der Waals surface area contributed by atoms with E-state index in [9.17, 15) is 10.1 Å². The zero-order valence-electron chi connectivity index (χ0n) is 8.85. The van der Waals surface area contributed by atoms with Crippen LogP contribution in [-0.4, -0.2) is 4.92 Å². The Morgan fingerprint density at radius 3 is 2.69 bits per heavy atom. The van der Waals surface area contributed by atoms with Crippen LogP contribution >= 0.6 is 24.0 Å². The quantitative estimate of drug-likeness (QED) is 0.669. The molecular weight excluding hydrogens is 251 g/mol. The molecule has 0 amide bonds. The molecule has 4 nitrogen and oxygen atoms in total. The molecule has 6 heteroatoms. The second kappa shape index (κ2) is 6.68. The number of nitro groups is 1. The molecule has 0 radical (unpaired) electrons. The summed E-state index contributed by atoms with van der Waals surface area (Å²) in [6.07, 6.45) is 1.75. The first-order chi connectivity index (χ1) is 7.06. The summed E-state index contributed by atoms with van der Waals surface area (Å²) in [7, 11) is 0. The molecule has 90 valence electrons. The molecule has 0 unspecified atom stereocenters. The number of nitro benzene ring substituents is 1. The summed E-state index contributed by atoms with van der Waals surface area (Å²) in [5.41, 5.74) is 6.53. The highest BCUT2D eigenvalue weighted by atomic mass is 35.5. The third-order valence-electron chi connectivity index (χ3n) is 2.19. The molecule has 0 bridgehead atoms. The standard InChI is InChI=1S/C10H13ClN2O2.ClH/c1-2-3-9(12)7-4-5-8(11)10(6-7)13(14)15;/h4-6,9H,2-3,12H2,1H3;1H/t9-;/m0./s1. The predicted molar refractivity (Wildman–Crippen MR) is 67.2 cm³/mol. The van der Waals surface area contributed by atoms with Crippen molar-refractivity contribution < 1.29 is 4.92 Å². The lowest BCUT2D eigenvalue weighted by Crippen LogP contribution is -2.09. The van der Waals surface area contributed by atoms with E-state index in [0.717, 1.165) is 18.4 Å². The summed E-state index contributed by atoms with van der Waals surface area (Å²) in [5.74, 6) is 0. The molecule has 0 saturated heterocycles. The molecule has 1 aromatic carbocycles. The van der Waals surface area contributed by atoms with Gasteiger partial charge in [0.25, 0.3) is 5.69 Å². The van der Waals surface area contributed by atoms with Crippen molar-refractivity contribution in [3.05, 3.63) is 38.9 Å². The van der Waals surface area contributed by atoms with Crippen molar-refractivity contribution in [1.82, 2.24) is 0 Å². The van der Waals surface area contributed by atoms with Gasteiger partial charge in [0.1, 0.15) is 5.02 Å². The SMILES string of the molecule is CCC[C@H](N)c1ccc(Cl)c([N+](=O)[O-])c1.Cl. The van der Waals surface area contributed by atoms with Crippen LogP contribution in [0, 0.1) is 10.1 Å². The molecule has 0 aliphatic heterocycles. The average molecular weight is 265 g/mol. The molecule has 0 heterocycles. The van der Waals surface area contributed by atoms with Crippen LogP contribution in [0.2, 0.25) is 5.02 Å². The maximum Gasteiger partial charge on any atom is 0.288 e. The summed E-state index contributed by atoms with van der Waals surface area (Å²) in [6, 6.07) is 4.54. The van der Waals surface area contributed by atoms with Gasteiger partial charge in [-0.3, -0.25) is 10.1 Å². The fraction of sp³-hybridized carbons (Fsp3) is 0.400. The number of nitrogens with zero attached hydrogens (tertiary/aromatic N) is 1. The third kappa shape index (κ3) is 3.63. The van der Waals surface area contributed by atoms with Crippen molar-refractivity contribution in [3.8, 4) is 0 Å². The normalized spacial score (nSPS) is 11.7. The van der Waals surface area contributed by atoms with Gasteiger partial charge in [-0.2, -0.15) is 0 Å². The zero-order chi connectivity index (χ0) is 11.4. The van der Waals surface area contributed by atoms with Crippen molar-refractivity contribution in [2.45, 2.75) is 25.8 Å². The summed E-state index contributed by atoms with van der Waals surface area (Å²) < 4.78 is 0. The first-order valence-corrected chi connectivity index (χ1v) is 5.13. The lowest BCUT2D eigenvalue weighted by atomic mass is 10.0. The maximum absolute atomic E-state index is 10.6. The van der Waals surface area contributed by atoms with E-state index in [1.165, 1.54) is 12.1 Å². The molecule has 0 fully saturated rings. The van der Waals surface area contributed by atoms with E-state index in [4.69, 9.17) is 17.3 Å². The van der Waals surface area contributed by atoms with E-state index >= 15 is 0 Å². The van der Waals surface area contributed by atoms with E-state index < -0.39 is 4.92 Å². The summed E-state index contributed by atoms with van der Waals surface area (Å²) in [4.78, 5) is 10.1. The summed E-state index contributed by atoms with van der Waals surface area (Å²) in [6.45, 7) is 2.02. The van der Waals surface area contributed by atoms with Crippen LogP contribution in [0.15, 0.2) is 18.2 Å². The van der Waals surface area contributed by atoms with Crippen molar-refractivity contribution in [1.29, 1.82) is 0 Å². The Balaban J connectivity index is 0.00000225. The first-order valence-electron chi connectivity index (χ1n) is 4.75. The third-order valence-corrected chi connectivity index (χ3v) is 2.51. The number of rotatable bonds is 4. The number of benzene rings is 1. The van der Waals surface area contributed by atoms with Gasteiger partial charge in [-0.05, 0) is 18.1 Å². The van der Waals surface area contributed by atoms with Gasteiger partial charge >= 0.3 is 0 Å². The van der Waals surface area contributed by atoms with Gasteiger partial charge in [0.05, 0.1) is 4.92 Å². The molecule has 16 heavy (non-hydrogen) atoms. The molecule has 1 aromatic rings. The van der Waals surface area contributed by atoms with Crippen LogP contribution in [0.25, 0.3) is 0 Å². The Hall–Kier alpha value is -0.840. The van der Waals surface area contributed by atoms with Gasteiger partial charge in [-0.1, -0.05) is 31.0 Å². The average Bonchev–Trinajstić information content (AvgIpc) is 2.18. The molecule has 0 aliphatic carbocycles. The van der Waals surface area contributed by atoms with E-state index in [2.05, 4.69) is 0 Å². The Labute approximate surface area is 105 Å². The molecule has 0 saturated carbocycles. The van der Waals surface area contributed by atoms with Crippen LogP contribution in [0.3, 0.4) is 0 Å². The Kier molecular flexibility index (Phi) is 6.33. The minimum Gasteiger partial charge on any atom is -0.324 e. The van der Waals surface area contributed by atoms with Gasteiger partial charge in [-0.25, -0.2) is 0 Å². The maximum atomic E-state index is 10.6. The monoisotopic (exact) mass is 264 g/mol. The van der Waals surface area contributed by atoms with Gasteiger partial charge in [-0.15, -0.1) is 12.4 Å². The lowest BCUT2D eigenvalue weighted by molar-refractivity contribution is -0.384. The number of hydrogen-bond donors (Lipinski definition) is 1. The molecule has 1 rings (SSSR count). The molecular formula is C10H14Cl2N2O2. The highest BCUT2D eigenvalue weighted by Gasteiger charge is 2.15. The van der Waals surface area contributed by atoms with Crippen molar-refractivity contribution >= 4 is 29.7 Å². The van der Waals surface area contributed by atoms with E-state index in [1.807, 2.05) is 6.92 Å². The van der Waals surface area contributed by atoms with Crippen LogP contribution in [0.1, 0.15) is 31.4 Å². The fourth-order valence-corrected chi connectivity index (χ4v) is 1.56. The zero-order valence-corrected chi connectivity index (χ0v) is 10.4. The van der Waals surface area contributed by atoms with Gasteiger partial charge in [0.15, 0.2) is 0 Å². The fourth-order valence-electron chi connectivity index (χ4n) is 1.38. The topological polar surface area (TPSA) is 69.2 Å². The largest absolute Gasteiger partial charge is 0.324 e. The predicted octanol–water partition coefficient (Wildman–Crippen LogP) is 3.47. The van der Waals surface area contributed by atoms with Crippen molar-refractivity contribution in [3.63, 3.8) is 0 Å². The highest BCUT2D eigenvalue weighted by Crippen LogP contribution is 2.28. The van der Waals surface area contributed by atoms with Crippen LogP contribution < -0.4 is 5.73 Å². The number of halogens is 2. The second-order valence-electron chi connectivity index (χ2n) is 3.36. The van der Waals surface area contributed by atoms with E-state index in [1.54, 1.807) is 6.07 Å². The smallest absolute Gasteiger partial charge is 0.288 e. The second-order valence-corrected chi connectivity index (χ2v) is 3.77. The highest BCUT2D eigenvalue weighted by molar-refractivity contribution is 6.32. The Morgan fingerprint density at radius 2 is 2.19 bits per heavy atom. The number of nitrogens with two attached hydrogens (primary N) is 1. The molecule has 0 aliphatic rings. The molecule has 1 atom stereocenters. The summed E-state index contributed by atoms with van der Waals surface area (Å²) in [5, 5.41) is 10.8. The van der Waals surface area contributed by atoms with E-state index in [0.29, 0.717) is 0 Å². The van der Waals surface area contributed by atoms with Crippen molar-refractivity contribution in [2.75, 3.05) is 0 Å². The van der Waals surface area contributed by atoms with Crippen molar-refractivity contribution in [2.24, 2.45) is 5.73 Å². The molecule has 0 spiro atoms.